The normalized spacial score (nSPS) is 12.6. The lowest BCUT2D eigenvalue weighted by molar-refractivity contribution is 0.598. The molecule has 0 aliphatic heterocycles. The minimum Gasteiger partial charge on any atom is -0.310 e. The molecule has 0 amide bonds. The van der Waals surface area contributed by atoms with Crippen molar-refractivity contribution in [3.8, 4) is 5.69 Å². The lowest BCUT2D eigenvalue weighted by Gasteiger charge is -2.15. The second kappa shape index (κ2) is 7.10. The third-order valence-electron chi connectivity index (χ3n) is 3.77. The van der Waals surface area contributed by atoms with Gasteiger partial charge in [-0.25, -0.2) is 4.68 Å². The SMILES string of the molecule is CCNC(C)c1ccc(-n2nc(CC)cc2CC)c(Cl)c1. The van der Waals surface area contributed by atoms with Crippen molar-refractivity contribution in [2.75, 3.05) is 6.54 Å². The largest absolute Gasteiger partial charge is 0.310 e. The molecular formula is C17H24ClN3. The quantitative estimate of drug-likeness (QED) is 0.861. The molecule has 1 heterocycles. The molecule has 1 N–H and O–H groups in total. The zero-order chi connectivity index (χ0) is 15.4. The summed E-state index contributed by atoms with van der Waals surface area (Å²) >= 11 is 6.50. The zero-order valence-electron chi connectivity index (χ0n) is 13.3. The highest BCUT2D eigenvalue weighted by atomic mass is 35.5. The van der Waals surface area contributed by atoms with E-state index in [1.54, 1.807) is 0 Å². The summed E-state index contributed by atoms with van der Waals surface area (Å²) in [5.74, 6) is 0. The highest BCUT2D eigenvalue weighted by Crippen LogP contribution is 2.26. The molecule has 0 aliphatic rings. The highest BCUT2D eigenvalue weighted by molar-refractivity contribution is 6.32. The molecule has 1 aromatic carbocycles. The van der Waals surface area contributed by atoms with E-state index in [0.29, 0.717) is 6.04 Å². The maximum absolute atomic E-state index is 6.50. The lowest BCUT2D eigenvalue weighted by Crippen LogP contribution is -2.17. The van der Waals surface area contributed by atoms with Crippen LogP contribution in [0, 0.1) is 0 Å². The molecule has 21 heavy (non-hydrogen) atoms. The van der Waals surface area contributed by atoms with E-state index in [-0.39, 0.29) is 0 Å². The van der Waals surface area contributed by atoms with Gasteiger partial charge in [-0.3, -0.25) is 0 Å². The van der Waals surface area contributed by atoms with Gasteiger partial charge in [0.2, 0.25) is 0 Å². The summed E-state index contributed by atoms with van der Waals surface area (Å²) in [5.41, 5.74) is 4.46. The van der Waals surface area contributed by atoms with Gasteiger partial charge in [0.1, 0.15) is 0 Å². The molecule has 0 aliphatic carbocycles. The number of nitrogens with one attached hydrogen (secondary N) is 1. The predicted octanol–water partition coefficient (Wildman–Crippen LogP) is 4.32. The van der Waals surface area contributed by atoms with Gasteiger partial charge in [-0.15, -0.1) is 0 Å². The highest BCUT2D eigenvalue weighted by Gasteiger charge is 2.12. The van der Waals surface area contributed by atoms with Crippen LogP contribution in [0.25, 0.3) is 5.69 Å². The second-order valence-corrected chi connectivity index (χ2v) is 5.64. The van der Waals surface area contributed by atoms with Crippen molar-refractivity contribution < 1.29 is 0 Å². The summed E-state index contributed by atoms with van der Waals surface area (Å²) in [7, 11) is 0. The van der Waals surface area contributed by atoms with Crippen LogP contribution < -0.4 is 5.32 Å². The molecule has 0 bridgehead atoms. The van der Waals surface area contributed by atoms with Crippen molar-refractivity contribution in [1.29, 1.82) is 0 Å². The lowest BCUT2D eigenvalue weighted by atomic mass is 10.1. The fourth-order valence-electron chi connectivity index (χ4n) is 2.50. The monoisotopic (exact) mass is 305 g/mol. The number of halogens is 1. The number of hydrogen-bond acceptors (Lipinski definition) is 2. The van der Waals surface area contributed by atoms with Gasteiger partial charge in [-0.05, 0) is 50.1 Å². The van der Waals surface area contributed by atoms with Gasteiger partial charge < -0.3 is 5.32 Å². The van der Waals surface area contributed by atoms with Crippen LogP contribution in [0.3, 0.4) is 0 Å². The summed E-state index contributed by atoms with van der Waals surface area (Å²) in [5, 5.41) is 8.81. The van der Waals surface area contributed by atoms with Crippen LogP contribution in [-0.4, -0.2) is 16.3 Å². The van der Waals surface area contributed by atoms with E-state index >= 15 is 0 Å². The molecule has 0 fully saturated rings. The Kier molecular flexibility index (Phi) is 5.43. The van der Waals surface area contributed by atoms with Crippen LogP contribution in [0.5, 0.6) is 0 Å². The molecule has 4 heteroatoms. The number of benzene rings is 1. The van der Waals surface area contributed by atoms with Crippen LogP contribution in [0.15, 0.2) is 24.3 Å². The summed E-state index contributed by atoms with van der Waals surface area (Å²) in [6, 6.07) is 8.69. The first kappa shape index (κ1) is 16.1. The zero-order valence-corrected chi connectivity index (χ0v) is 14.0. The number of rotatable bonds is 6. The number of aryl methyl sites for hydroxylation is 2. The number of aromatic nitrogens is 2. The van der Waals surface area contributed by atoms with Crippen LogP contribution in [0.4, 0.5) is 0 Å². The van der Waals surface area contributed by atoms with Gasteiger partial charge in [0.25, 0.3) is 0 Å². The maximum atomic E-state index is 6.50. The molecule has 0 spiro atoms. The minimum atomic E-state index is 0.302. The molecule has 0 radical (unpaired) electrons. The Bertz CT molecular complexity index is 604. The van der Waals surface area contributed by atoms with Crippen molar-refractivity contribution >= 4 is 11.6 Å². The van der Waals surface area contributed by atoms with Crippen LogP contribution >= 0.6 is 11.6 Å². The maximum Gasteiger partial charge on any atom is 0.0835 e. The van der Waals surface area contributed by atoms with Crippen LogP contribution in [0.1, 0.15) is 50.7 Å². The Morgan fingerprint density at radius 1 is 1.19 bits per heavy atom. The van der Waals surface area contributed by atoms with E-state index in [1.165, 1.54) is 11.3 Å². The molecule has 2 aromatic rings. The first-order valence-electron chi connectivity index (χ1n) is 7.71. The molecular weight excluding hydrogens is 282 g/mol. The Morgan fingerprint density at radius 2 is 1.95 bits per heavy atom. The number of hydrogen-bond donors (Lipinski definition) is 1. The second-order valence-electron chi connectivity index (χ2n) is 5.24. The third-order valence-corrected chi connectivity index (χ3v) is 4.07. The van der Waals surface area contributed by atoms with Crippen LogP contribution in [-0.2, 0) is 12.8 Å². The minimum absolute atomic E-state index is 0.302. The topological polar surface area (TPSA) is 29.9 Å². The van der Waals surface area contributed by atoms with Crippen molar-refractivity contribution in [1.82, 2.24) is 15.1 Å². The van der Waals surface area contributed by atoms with Gasteiger partial charge in [0.05, 0.1) is 16.4 Å². The van der Waals surface area contributed by atoms with Crippen molar-refractivity contribution in [3.05, 3.63) is 46.2 Å². The average Bonchev–Trinajstić information content (AvgIpc) is 2.90. The molecule has 1 unspecified atom stereocenters. The Balaban J connectivity index is 2.39. The smallest absolute Gasteiger partial charge is 0.0835 e. The predicted molar refractivity (Wildman–Crippen MR) is 89.4 cm³/mol. The number of nitrogens with zero attached hydrogens (tertiary/aromatic N) is 2. The average molecular weight is 306 g/mol. The molecule has 1 aromatic heterocycles. The molecule has 2 rings (SSSR count). The van der Waals surface area contributed by atoms with Crippen molar-refractivity contribution in [3.63, 3.8) is 0 Å². The first-order valence-corrected chi connectivity index (χ1v) is 8.09. The van der Waals surface area contributed by atoms with E-state index in [1.807, 2.05) is 10.7 Å². The van der Waals surface area contributed by atoms with E-state index in [2.05, 4.69) is 56.3 Å². The molecule has 3 nitrogen and oxygen atoms in total. The molecule has 0 saturated carbocycles. The Morgan fingerprint density at radius 3 is 2.52 bits per heavy atom. The standard InChI is InChI=1S/C17H24ClN3/c1-5-14-11-15(6-2)21(20-14)17-9-8-13(10-16(17)18)12(4)19-7-3/h8-12,19H,5-7H2,1-4H3. The van der Waals surface area contributed by atoms with Gasteiger partial charge in [0.15, 0.2) is 0 Å². The van der Waals surface area contributed by atoms with Crippen molar-refractivity contribution in [2.45, 2.75) is 46.6 Å². The van der Waals surface area contributed by atoms with Crippen molar-refractivity contribution in [2.24, 2.45) is 0 Å². The summed E-state index contributed by atoms with van der Waals surface area (Å²) in [6.45, 7) is 9.46. The Hall–Kier alpha value is -1.32. The molecule has 0 saturated heterocycles. The van der Waals surface area contributed by atoms with E-state index in [0.717, 1.165) is 35.8 Å². The fraction of sp³-hybridized carbons (Fsp3) is 0.471. The fourth-order valence-corrected chi connectivity index (χ4v) is 2.77. The summed E-state index contributed by atoms with van der Waals surface area (Å²) in [6.07, 6.45) is 1.88. The van der Waals surface area contributed by atoms with E-state index in [4.69, 9.17) is 11.6 Å². The van der Waals surface area contributed by atoms with Crippen LogP contribution in [0.2, 0.25) is 5.02 Å². The van der Waals surface area contributed by atoms with Gasteiger partial charge in [-0.2, -0.15) is 5.10 Å². The van der Waals surface area contributed by atoms with E-state index < -0.39 is 0 Å². The first-order chi connectivity index (χ1) is 10.1. The summed E-state index contributed by atoms with van der Waals surface area (Å²) in [4.78, 5) is 0. The summed E-state index contributed by atoms with van der Waals surface area (Å²) < 4.78 is 1.98. The molecule has 114 valence electrons. The third kappa shape index (κ3) is 3.47. The van der Waals surface area contributed by atoms with Gasteiger partial charge in [-0.1, -0.05) is 38.4 Å². The van der Waals surface area contributed by atoms with Gasteiger partial charge >= 0.3 is 0 Å². The molecule has 1 atom stereocenters. The van der Waals surface area contributed by atoms with E-state index in [9.17, 15) is 0 Å². The van der Waals surface area contributed by atoms with Gasteiger partial charge in [0, 0.05) is 11.7 Å². The Labute approximate surface area is 132 Å².